The number of piperazine rings is 1. The maximum absolute atomic E-state index is 13.9. The second-order valence-electron chi connectivity index (χ2n) is 10.3. The van der Waals surface area contributed by atoms with E-state index in [1.54, 1.807) is 13.0 Å². The van der Waals surface area contributed by atoms with Crippen molar-refractivity contribution in [1.29, 1.82) is 0 Å². The van der Waals surface area contributed by atoms with Crippen molar-refractivity contribution < 1.29 is 40.3 Å². The zero-order chi connectivity index (χ0) is 29.4. The first-order chi connectivity index (χ1) is 18.6. The van der Waals surface area contributed by atoms with E-state index in [0.29, 0.717) is 49.2 Å². The summed E-state index contributed by atoms with van der Waals surface area (Å²) in [5.41, 5.74) is -1.96. The van der Waals surface area contributed by atoms with Gasteiger partial charge in [-0.05, 0) is 66.8 Å². The molecule has 0 bridgehead atoms. The maximum Gasteiger partial charge on any atom is 0.416 e. The number of rotatable bonds is 4. The van der Waals surface area contributed by atoms with E-state index in [9.17, 15) is 40.3 Å². The van der Waals surface area contributed by atoms with E-state index < -0.39 is 47.9 Å². The van der Waals surface area contributed by atoms with Gasteiger partial charge in [0.2, 0.25) is 5.91 Å². The van der Waals surface area contributed by atoms with Crippen LogP contribution in [0, 0.1) is 12.7 Å². The SMILES string of the molecule is Cc1cc(F)ccc1[C@H]1C[C@@H](N2CCNC(=O)C2)CCN1C(=O)N(C)Cc1cc(C(F)(F)F)cc(C(F)(F)F)c1. The second kappa shape index (κ2) is 11.3. The Hall–Kier alpha value is -3.35. The van der Waals surface area contributed by atoms with Gasteiger partial charge in [-0.3, -0.25) is 9.69 Å². The van der Waals surface area contributed by atoms with Crippen molar-refractivity contribution in [2.45, 2.75) is 50.7 Å². The molecule has 40 heavy (non-hydrogen) atoms. The van der Waals surface area contributed by atoms with Gasteiger partial charge in [0.05, 0.1) is 23.7 Å². The van der Waals surface area contributed by atoms with Gasteiger partial charge in [0.15, 0.2) is 0 Å². The molecule has 2 heterocycles. The van der Waals surface area contributed by atoms with Gasteiger partial charge >= 0.3 is 18.4 Å². The van der Waals surface area contributed by atoms with Gasteiger partial charge in [-0.25, -0.2) is 9.18 Å². The second-order valence-corrected chi connectivity index (χ2v) is 10.3. The van der Waals surface area contributed by atoms with E-state index in [-0.39, 0.29) is 36.7 Å². The smallest absolute Gasteiger partial charge is 0.354 e. The lowest BCUT2D eigenvalue weighted by atomic mass is 9.88. The largest absolute Gasteiger partial charge is 0.416 e. The molecule has 3 amide bonds. The number of halogens is 7. The van der Waals surface area contributed by atoms with Crippen molar-refractivity contribution in [3.05, 3.63) is 70.0 Å². The molecule has 2 atom stereocenters. The summed E-state index contributed by atoms with van der Waals surface area (Å²) in [6.07, 6.45) is -9.08. The molecular formula is C27H29F7N4O2. The number of carbonyl (C=O) groups is 2. The zero-order valence-corrected chi connectivity index (χ0v) is 21.9. The molecule has 0 radical (unpaired) electrons. The Morgan fingerprint density at radius 2 is 1.68 bits per heavy atom. The topological polar surface area (TPSA) is 55.9 Å². The lowest BCUT2D eigenvalue weighted by molar-refractivity contribution is -0.143. The summed E-state index contributed by atoms with van der Waals surface area (Å²) in [6.45, 7) is 2.74. The van der Waals surface area contributed by atoms with Gasteiger partial charge in [0.25, 0.3) is 0 Å². The molecule has 1 N–H and O–H groups in total. The molecule has 2 saturated heterocycles. The minimum Gasteiger partial charge on any atom is -0.354 e. The number of amides is 3. The number of hydrogen-bond donors (Lipinski definition) is 1. The van der Waals surface area contributed by atoms with Gasteiger partial charge in [-0.1, -0.05) is 6.07 Å². The molecule has 0 unspecified atom stereocenters. The fourth-order valence-electron chi connectivity index (χ4n) is 5.46. The summed E-state index contributed by atoms with van der Waals surface area (Å²) >= 11 is 0. The quantitative estimate of drug-likeness (QED) is 0.501. The third-order valence-electron chi connectivity index (χ3n) is 7.39. The number of likely N-dealkylation sites (tertiary alicyclic amines) is 1. The first kappa shape index (κ1) is 29.6. The minimum atomic E-state index is -5.00. The van der Waals surface area contributed by atoms with Crippen molar-refractivity contribution in [3.8, 4) is 0 Å². The fraction of sp³-hybridized carbons (Fsp3) is 0.481. The summed E-state index contributed by atoms with van der Waals surface area (Å²) in [6, 6.07) is 4.24. The monoisotopic (exact) mass is 574 g/mol. The van der Waals surface area contributed by atoms with Crippen molar-refractivity contribution >= 4 is 11.9 Å². The van der Waals surface area contributed by atoms with E-state index in [1.807, 2.05) is 4.90 Å². The van der Waals surface area contributed by atoms with Gasteiger partial charge in [0.1, 0.15) is 5.82 Å². The average molecular weight is 575 g/mol. The van der Waals surface area contributed by atoms with Crippen LogP contribution in [0.5, 0.6) is 0 Å². The van der Waals surface area contributed by atoms with E-state index in [2.05, 4.69) is 5.32 Å². The van der Waals surface area contributed by atoms with Crippen molar-refractivity contribution in [3.63, 3.8) is 0 Å². The normalized spacial score (nSPS) is 20.8. The highest BCUT2D eigenvalue weighted by Gasteiger charge is 2.39. The highest BCUT2D eigenvalue weighted by atomic mass is 19.4. The first-order valence-electron chi connectivity index (χ1n) is 12.7. The highest BCUT2D eigenvalue weighted by Crippen LogP contribution is 2.38. The maximum atomic E-state index is 13.9. The molecule has 2 aromatic carbocycles. The Morgan fingerprint density at radius 3 is 2.25 bits per heavy atom. The Balaban J connectivity index is 1.61. The van der Waals surface area contributed by atoms with Crippen molar-refractivity contribution in [1.82, 2.24) is 20.0 Å². The summed E-state index contributed by atoms with van der Waals surface area (Å²) < 4.78 is 93.9. The number of piperidine rings is 1. The molecule has 0 spiro atoms. The Bertz CT molecular complexity index is 1230. The molecule has 2 aliphatic rings. The number of hydrogen-bond acceptors (Lipinski definition) is 3. The Morgan fingerprint density at radius 1 is 1.02 bits per heavy atom. The molecule has 0 aromatic heterocycles. The molecule has 0 saturated carbocycles. The molecule has 6 nitrogen and oxygen atoms in total. The van der Waals surface area contributed by atoms with Gasteiger partial charge in [-0.15, -0.1) is 0 Å². The number of urea groups is 1. The predicted octanol–water partition coefficient (Wildman–Crippen LogP) is 5.36. The Kier molecular flexibility index (Phi) is 8.34. The number of alkyl halides is 6. The minimum absolute atomic E-state index is 0.0459. The summed E-state index contributed by atoms with van der Waals surface area (Å²) in [5.74, 6) is -0.570. The first-order valence-corrected chi connectivity index (χ1v) is 12.7. The predicted molar refractivity (Wildman–Crippen MR) is 131 cm³/mol. The van der Waals surface area contributed by atoms with Crippen LogP contribution in [-0.4, -0.2) is 65.9 Å². The number of aryl methyl sites for hydroxylation is 1. The van der Waals surface area contributed by atoms with Crippen LogP contribution in [0.2, 0.25) is 0 Å². The molecule has 4 rings (SSSR count). The third kappa shape index (κ3) is 6.68. The number of nitrogens with one attached hydrogen (secondary N) is 1. The Labute approximate surface area is 226 Å². The van der Waals surface area contributed by atoms with Crippen LogP contribution in [0.3, 0.4) is 0 Å². The highest BCUT2D eigenvalue weighted by molar-refractivity contribution is 5.78. The van der Waals surface area contributed by atoms with Crippen LogP contribution in [0.25, 0.3) is 0 Å². The van der Waals surface area contributed by atoms with Crippen molar-refractivity contribution in [2.24, 2.45) is 0 Å². The van der Waals surface area contributed by atoms with Crippen LogP contribution in [-0.2, 0) is 23.7 Å². The standard InChI is InChI=1S/C27H29F7N4O2/c1-16-9-20(28)3-4-22(16)23-13-21(37-8-6-35-24(39)15-37)5-7-38(23)25(40)36(2)14-17-10-18(26(29,30)31)12-19(11-17)27(32,33)34/h3-4,9-12,21,23H,5-8,13-15H2,1-2H3,(H,35,39)/t21-,23+/m0/s1. The molecule has 2 aromatic rings. The van der Waals surface area contributed by atoms with E-state index in [4.69, 9.17) is 0 Å². The van der Waals surface area contributed by atoms with Crippen LogP contribution >= 0.6 is 0 Å². The lowest BCUT2D eigenvalue weighted by Crippen LogP contribution is -2.56. The average Bonchev–Trinajstić information content (AvgIpc) is 2.87. The van der Waals surface area contributed by atoms with Gasteiger partial charge in [0, 0.05) is 39.3 Å². The fourth-order valence-corrected chi connectivity index (χ4v) is 5.46. The van der Waals surface area contributed by atoms with Crippen LogP contribution < -0.4 is 5.32 Å². The van der Waals surface area contributed by atoms with Crippen LogP contribution in [0.15, 0.2) is 36.4 Å². The third-order valence-corrected chi connectivity index (χ3v) is 7.39. The molecule has 13 heteroatoms. The number of nitrogens with zero attached hydrogens (tertiary/aromatic N) is 3. The molecule has 218 valence electrons. The summed E-state index contributed by atoms with van der Waals surface area (Å²) in [4.78, 5) is 30.2. The zero-order valence-electron chi connectivity index (χ0n) is 21.9. The summed E-state index contributed by atoms with van der Waals surface area (Å²) in [5, 5.41) is 2.77. The van der Waals surface area contributed by atoms with Crippen LogP contribution in [0.4, 0.5) is 35.5 Å². The van der Waals surface area contributed by atoms with E-state index >= 15 is 0 Å². The van der Waals surface area contributed by atoms with Gasteiger partial charge in [-0.2, -0.15) is 26.3 Å². The van der Waals surface area contributed by atoms with Crippen molar-refractivity contribution in [2.75, 3.05) is 33.2 Å². The molecular weight excluding hydrogens is 545 g/mol. The lowest BCUT2D eigenvalue weighted by Gasteiger charge is -2.45. The molecule has 2 aliphatic heterocycles. The molecule has 2 fully saturated rings. The van der Waals surface area contributed by atoms with Crippen LogP contribution in [0.1, 0.15) is 46.7 Å². The number of carbonyl (C=O) groups excluding carboxylic acids is 2. The summed E-state index contributed by atoms with van der Waals surface area (Å²) in [7, 11) is 1.31. The molecule has 0 aliphatic carbocycles. The van der Waals surface area contributed by atoms with E-state index in [1.165, 1.54) is 24.1 Å². The number of benzene rings is 2. The van der Waals surface area contributed by atoms with Gasteiger partial charge < -0.3 is 15.1 Å². The van der Waals surface area contributed by atoms with E-state index in [0.717, 1.165) is 4.90 Å².